The number of aromatic nitrogens is 2. The van der Waals surface area contributed by atoms with Crippen LogP contribution in [0.1, 0.15) is 0 Å². The van der Waals surface area contributed by atoms with Crippen molar-refractivity contribution >= 4 is 28.9 Å². The van der Waals surface area contributed by atoms with Crippen LogP contribution in [0.5, 0.6) is 11.5 Å². The van der Waals surface area contributed by atoms with Crippen LogP contribution in [0.25, 0.3) is 10.9 Å². The maximum absolute atomic E-state index is 9.03. The molecule has 1 aromatic heterocycles. The lowest BCUT2D eigenvalue weighted by atomic mass is 10.2. The van der Waals surface area contributed by atoms with Gasteiger partial charge in [0.1, 0.15) is 5.82 Å². The van der Waals surface area contributed by atoms with E-state index in [9.17, 15) is 0 Å². The van der Waals surface area contributed by atoms with Crippen LogP contribution in [0.15, 0.2) is 12.1 Å². The number of hydrogen-bond donors (Lipinski definition) is 2. The molecule has 0 amide bonds. The van der Waals surface area contributed by atoms with Crippen molar-refractivity contribution in [1.82, 2.24) is 9.55 Å². The minimum atomic E-state index is -0.0566. The molecule has 7 heteroatoms. The number of aliphatic hydroxyl groups excluding tert-OH is 1. The van der Waals surface area contributed by atoms with Crippen LogP contribution in [0.2, 0.25) is 0 Å². The third-order valence-corrected chi connectivity index (χ3v) is 3.15. The molecule has 1 aromatic carbocycles. The largest absolute Gasteiger partial charge is 0.493 e. The van der Waals surface area contributed by atoms with Gasteiger partial charge in [0.25, 0.3) is 0 Å². The molecule has 2 aromatic rings. The Bertz CT molecular complexity index is 669. The predicted molar refractivity (Wildman–Crippen MR) is 75.2 cm³/mol. The maximum Gasteiger partial charge on any atom is 0.201 e. The van der Waals surface area contributed by atoms with Crippen LogP contribution in [0.4, 0.5) is 5.82 Å². The first-order valence-electron chi connectivity index (χ1n) is 5.65. The molecule has 6 nitrogen and oxygen atoms in total. The highest BCUT2D eigenvalue weighted by Crippen LogP contribution is 2.33. The summed E-state index contributed by atoms with van der Waals surface area (Å²) in [5.74, 6) is 1.58. The number of methoxy groups -OCH3 is 2. The average molecular weight is 281 g/mol. The van der Waals surface area contributed by atoms with Crippen LogP contribution in [-0.4, -0.2) is 35.5 Å². The van der Waals surface area contributed by atoms with Crippen molar-refractivity contribution in [2.24, 2.45) is 0 Å². The van der Waals surface area contributed by atoms with Crippen molar-refractivity contribution in [3.05, 3.63) is 16.9 Å². The molecule has 3 N–H and O–H groups in total. The number of ether oxygens (including phenoxy) is 2. The Morgan fingerprint density at radius 1 is 1.32 bits per heavy atom. The molecule has 0 spiro atoms. The van der Waals surface area contributed by atoms with Gasteiger partial charge in [-0.3, -0.25) is 0 Å². The fourth-order valence-electron chi connectivity index (χ4n) is 1.89. The molecular weight excluding hydrogens is 266 g/mol. The lowest BCUT2D eigenvalue weighted by molar-refractivity contribution is 0.275. The van der Waals surface area contributed by atoms with Gasteiger partial charge in [-0.15, -0.1) is 0 Å². The molecule has 0 radical (unpaired) electrons. The Morgan fingerprint density at radius 3 is 2.53 bits per heavy atom. The molecule has 2 rings (SSSR count). The summed E-state index contributed by atoms with van der Waals surface area (Å²) in [5, 5.41) is 9.74. The van der Waals surface area contributed by atoms with Crippen molar-refractivity contribution < 1.29 is 14.6 Å². The van der Waals surface area contributed by atoms with E-state index in [-0.39, 0.29) is 6.61 Å². The SMILES string of the molecule is COc1cc2nc(=S)n(CCO)c(N)c2cc1OC. The summed E-state index contributed by atoms with van der Waals surface area (Å²) in [6, 6.07) is 3.47. The van der Waals surface area contributed by atoms with Gasteiger partial charge in [-0.2, -0.15) is 0 Å². The summed E-state index contributed by atoms with van der Waals surface area (Å²) in [6.07, 6.45) is 0. The maximum atomic E-state index is 9.03. The van der Waals surface area contributed by atoms with Gasteiger partial charge in [0.15, 0.2) is 11.5 Å². The molecule has 0 aliphatic carbocycles. The minimum absolute atomic E-state index is 0.0566. The molecule has 0 fully saturated rings. The highest BCUT2D eigenvalue weighted by atomic mass is 32.1. The Labute approximate surface area is 115 Å². The van der Waals surface area contributed by atoms with Gasteiger partial charge in [0.2, 0.25) is 4.77 Å². The summed E-state index contributed by atoms with van der Waals surface area (Å²) in [6.45, 7) is 0.251. The summed E-state index contributed by atoms with van der Waals surface area (Å²) < 4.78 is 12.4. The molecule has 0 bridgehead atoms. The highest BCUT2D eigenvalue weighted by molar-refractivity contribution is 7.71. The number of nitrogen functional groups attached to an aromatic ring is 1. The van der Waals surface area contributed by atoms with Gasteiger partial charge in [-0.05, 0) is 18.3 Å². The molecule has 0 atom stereocenters. The van der Waals surface area contributed by atoms with Gasteiger partial charge in [-0.1, -0.05) is 0 Å². The van der Waals surface area contributed by atoms with E-state index in [1.807, 2.05) is 0 Å². The number of nitrogens with zero attached hydrogens (tertiary/aromatic N) is 2. The number of hydrogen-bond acceptors (Lipinski definition) is 6. The predicted octanol–water partition coefficient (Wildman–Crippen LogP) is 1.36. The molecule has 0 unspecified atom stereocenters. The quantitative estimate of drug-likeness (QED) is 0.823. The van der Waals surface area contributed by atoms with E-state index in [4.69, 9.17) is 32.5 Å². The third-order valence-electron chi connectivity index (χ3n) is 2.84. The number of benzene rings is 1. The van der Waals surface area contributed by atoms with E-state index in [1.165, 1.54) is 0 Å². The zero-order valence-electron chi connectivity index (χ0n) is 10.7. The summed E-state index contributed by atoms with van der Waals surface area (Å²) >= 11 is 5.16. The van der Waals surface area contributed by atoms with Crippen LogP contribution < -0.4 is 15.2 Å². The highest BCUT2D eigenvalue weighted by Gasteiger charge is 2.12. The van der Waals surface area contributed by atoms with E-state index in [2.05, 4.69) is 4.98 Å². The first kappa shape index (κ1) is 13.6. The zero-order valence-corrected chi connectivity index (χ0v) is 11.5. The third kappa shape index (κ3) is 2.34. The molecule has 0 saturated carbocycles. The molecule has 1 heterocycles. The normalized spacial score (nSPS) is 10.7. The van der Waals surface area contributed by atoms with Crippen molar-refractivity contribution in [2.75, 3.05) is 26.6 Å². The van der Waals surface area contributed by atoms with Crippen LogP contribution in [0.3, 0.4) is 0 Å². The fraction of sp³-hybridized carbons (Fsp3) is 0.333. The fourth-order valence-corrected chi connectivity index (χ4v) is 2.18. The lowest BCUT2D eigenvalue weighted by Gasteiger charge is -2.14. The standard InChI is InChI=1S/C12H15N3O3S/c1-17-9-5-7-8(6-10(9)18-2)14-12(19)15(3-4-16)11(7)13/h5-6,16H,3-4,13H2,1-2H3. The van der Waals surface area contributed by atoms with Gasteiger partial charge >= 0.3 is 0 Å². The Morgan fingerprint density at radius 2 is 1.95 bits per heavy atom. The van der Waals surface area contributed by atoms with Crippen molar-refractivity contribution in [2.45, 2.75) is 6.54 Å². The van der Waals surface area contributed by atoms with Crippen LogP contribution in [0, 0.1) is 4.77 Å². The van der Waals surface area contributed by atoms with Crippen molar-refractivity contribution in [3.63, 3.8) is 0 Å². The average Bonchev–Trinajstić information content (AvgIpc) is 2.42. The Hall–Kier alpha value is -1.86. The second-order valence-corrected chi connectivity index (χ2v) is 4.24. The van der Waals surface area contributed by atoms with E-state index < -0.39 is 0 Å². The van der Waals surface area contributed by atoms with E-state index in [0.29, 0.717) is 39.5 Å². The van der Waals surface area contributed by atoms with Gasteiger partial charge < -0.3 is 24.9 Å². The van der Waals surface area contributed by atoms with Crippen LogP contribution >= 0.6 is 12.2 Å². The zero-order chi connectivity index (χ0) is 14.0. The number of rotatable bonds is 4. The molecule has 0 saturated heterocycles. The Balaban J connectivity index is 2.78. The van der Waals surface area contributed by atoms with Gasteiger partial charge in [0.05, 0.1) is 26.3 Å². The number of fused-ring (bicyclic) bond motifs is 1. The van der Waals surface area contributed by atoms with Gasteiger partial charge in [-0.25, -0.2) is 4.98 Å². The molecule has 19 heavy (non-hydrogen) atoms. The summed E-state index contributed by atoms with van der Waals surface area (Å²) in [7, 11) is 3.10. The smallest absolute Gasteiger partial charge is 0.201 e. The topological polar surface area (TPSA) is 82.5 Å². The van der Waals surface area contributed by atoms with Crippen molar-refractivity contribution in [1.29, 1.82) is 0 Å². The number of nitrogens with two attached hydrogens (primary N) is 1. The molecule has 102 valence electrons. The van der Waals surface area contributed by atoms with E-state index >= 15 is 0 Å². The molecule has 0 aliphatic rings. The summed E-state index contributed by atoms with van der Waals surface area (Å²) in [5.41, 5.74) is 6.70. The molecule has 0 aliphatic heterocycles. The number of aliphatic hydroxyl groups is 1. The van der Waals surface area contributed by atoms with E-state index in [1.54, 1.807) is 30.9 Å². The molecular formula is C12H15N3O3S. The second kappa shape index (κ2) is 5.41. The number of anilines is 1. The Kier molecular flexibility index (Phi) is 3.87. The first-order chi connectivity index (χ1) is 9.12. The minimum Gasteiger partial charge on any atom is -0.493 e. The van der Waals surface area contributed by atoms with E-state index in [0.717, 1.165) is 0 Å². The lowest BCUT2D eigenvalue weighted by Crippen LogP contribution is -2.12. The van der Waals surface area contributed by atoms with Gasteiger partial charge in [0, 0.05) is 18.0 Å². The monoisotopic (exact) mass is 281 g/mol. The van der Waals surface area contributed by atoms with Crippen molar-refractivity contribution in [3.8, 4) is 11.5 Å². The van der Waals surface area contributed by atoms with Crippen LogP contribution in [-0.2, 0) is 6.54 Å². The first-order valence-corrected chi connectivity index (χ1v) is 6.06. The summed E-state index contributed by atoms with van der Waals surface area (Å²) in [4.78, 5) is 4.29. The second-order valence-electron chi connectivity index (χ2n) is 3.88.